The van der Waals surface area contributed by atoms with E-state index in [1.807, 2.05) is 45.9 Å². The predicted molar refractivity (Wildman–Crippen MR) is 117 cm³/mol. The van der Waals surface area contributed by atoms with Gasteiger partial charge in [0.2, 0.25) is 5.91 Å². The van der Waals surface area contributed by atoms with Gasteiger partial charge in [-0.15, -0.1) is 0 Å². The van der Waals surface area contributed by atoms with Crippen LogP contribution in [0.3, 0.4) is 0 Å². The molecule has 1 aliphatic heterocycles. The van der Waals surface area contributed by atoms with E-state index in [1.165, 1.54) is 12.8 Å². The first-order chi connectivity index (χ1) is 14.2. The summed E-state index contributed by atoms with van der Waals surface area (Å²) in [5.41, 5.74) is 0.127. The molecule has 30 heavy (non-hydrogen) atoms. The summed E-state index contributed by atoms with van der Waals surface area (Å²) in [7, 11) is 0. The Morgan fingerprint density at radius 1 is 1.07 bits per heavy atom. The van der Waals surface area contributed by atoms with Crippen LogP contribution in [0, 0.1) is 5.41 Å². The number of carbonyl (C=O) groups is 2. The summed E-state index contributed by atoms with van der Waals surface area (Å²) >= 11 is 0. The summed E-state index contributed by atoms with van der Waals surface area (Å²) in [4.78, 5) is 25.0. The van der Waals surface area contributed by atoms with E-state index >= 15 is 0 Å². The quantitative estimate of drug-likeness (QED) is 0.429. The van der Waals surface area contributed by atoms with Crippen LogP contribution in [0.2, 0.25) is 0 Å². The highest BCUT2D eigenvalue weighted by Gasteiger charge is 2.31. The number of esters is 1. The first-order valence-corrected chi connectivity index (χ1v) is 11.1. The van der Waals surface area contributed by atoms with E-state index in [9.17, 15) is 9.59 Å². The lowest BCUT2D eigenvalue weighted by Crippen LogP contribution is -2.40. The smallest absolute Gasteiger partial charge is 0.311 e. The van der Waals surface area contributed by atoms with Crippen molar-refractivity contribution in [2.45, 2.75) is 85.3 Å². The zero-order valence-electron chi connectivity index (χ0n) is 19.1. The molecule has 1 aromatic rings. The van der Waals surface area contributed by atoms with Crippen molar-refractivity contribution >= 4 is 11.9 Å². The summed E-state index contributed by atoms with van der Waals surface area (Å²) < 4.78 is 17.1. The Bertz CT molecular complexity index is 710. The molecular weight excluding hydrogens is 382 g/mol. The molecule has 0 fully saturated rings. The van der Waals surface area contributed by atoms with Crippen molar-refractivity contribution in [3.05, 3.63) is 23.8 Å². The molecule has 2 rings (SSSR count). The van der Waals surface area contributed by atoms with Crippen LogP contribution in [0.25, 0.3) is 0 Å². The van der Waals surface area contributed by atoms with Gasteiger partial charge in [0.1, 0.15) is 19.3 Å². The molecular formula is C24H37NO5. The van der Waals surface area contributed by atoms with Crippen LogP contribution in [0.5, 0.6) is 11.5 Å². The zero-order chi connectivity index (χ0) is 22.1. The Hall–Kier alpha value is -2.24. The van der Waals surface area contributed by atoms with Gasteiger partial charge in [0.25, 0.3) is 0 Å². The van der Waals surface area contributed by atoms with Crippen LogP contribution in [-0.4, -0.2) is 31.1 Å². The number of ether oxygens (including phenoxy) is 3. The molecule has 1 aromatic carbocycles. The van der Waals surface area contributed by atoms with E-state index in [0.717, 1.165) is 24.8 Å². The first-order valence-electron chi connectivity index (χ1n) is 11.1. The minimum Gasteiger partial charge on any atom is -0.486 e. The lowest BCUT2D eigenvalue weighted by atomic mass is 9.96. The molecule has 0 bridgehead atoms. The summed E-state index contributed by atoms with van der Waals surface area (Å²) in [6, 6.07) is 5.15. The Kier molecular flexibility index (Phi) is 9.00. The maximum atomic E-state index is 12.6. The fraction of sp³-hybridized carbons (Fsp3) is 0.667. The lowest BCUT2D eigenvalue weighted by Gasteiger charge is -2.29. The van der Waals surface area contributed by atoms with Crippen LogP contribution in [0.1, 0.15) is 84.8 Å². The molecule has 168 valence electrons. The number of nitrogens with one attached hydrogen (secondary N) is 1. The van der Waals surface area contributed by atoms with E-state index in [-0.39, 0.29) is 17.9 Å². The SMILES string of the molecule is CCCCCCCC(=O)N[C@H](C)[C@H](OC(=O)C(C)(C)C)c1ccc2c(c1)OCCO2. The van der Waals surface area contributed by atoms with Crippen molar-refractivity contribution in [3.63, 3.8) is 0 Å². The maximum Gasteiger partial charge on any atom is 0.311 e. The van der Waals surface area contributed by atoms with Crippen LogP contribution >= 0.6 is 0 Å². The fourth-order valence-corrected chi connectivity index (χ4v) is 3.28. The molecule has 2 atom stereocenters. The monoisotopic (exact) mass is 419 g/mol. The van der Waals surface area contributed by atoms with Crippen molar-refractivity contribution in [1.82, 2.24) is 5.32 Å². The second-order valence-electron chi connectivity index (χ2n) is 9.00. The third-order valence-electron chi connectivity index (χ3n) is 5.09. The van der Waals surface area contributed by atoms with Crippen molar-refractivity contribution in [2.24, 2.45) is 5.41 Å². The van der Waals surface area contributed by atoms with Gasteiger partial charge in [-0.25, -0.2) is 0 Å². The Morgan fingerprint density at radius 3 is 2.40 bits per heavy atom. The van der Waals surface area contributed by atoms with Crippen LogP contribution in [0.4, 0.5) is 0 Å². The first kappa shape index (κ1) is 24.0. The second kappa shape index (κ2) is 11.2. The molecule has 0 spiro atoms. The highest BCUT2D eigenvalue weighted by molar-refractivity contribution is 5.77. The van der Waals surface area contributed by atoms with Gasteiger partial charge in [0.15, 0.2) is 11.5 Å². The van der Waals surface area contributed by atoms with Gasteiger partial charge in [-0.3, -0.25) is 9.59 Å². The topological polar surface area (TPSA) is 73.9 Å². The Morgan fingerprint density at radius 2 is 1.73 bits per heavy atom. The number of carbonyl (C=O) groups excluding carboxylic acids is 2. The van der Waals surface area contributed by atoms with Gasteiger partial charge in [0.05, 0.1) is 11.5 Å². The van der Waals surface area contributed by atoms with Gasteiger partial charge >= 0.3 is 5.97 Å². The molecule has 6 nitrogen and oxygen atoms in total. The average molecular weight is 420 g/mol. The van der Waals surface area contributed by atoms with Crippen molar-refractivity contribution in [1.29, 1.82) is 0 Å². The number of benzene rings is 1. The molecule has 1 aliphatic rings. The Balaban J connectivity index is 2.09. The van der Waals surface area contributed by atoms with E-state index in [2.05, 4.69) is 12.2 Å². The van der Waals surface area contributed by atoms with E-state index in [0.29, 0.717) is 31.1 Å². The third kappa shape index (κ3) is 7.22. The van der Waals surface area contributed by atoms with Crippen molar-refractivity contribution < 1.29 is 23.8 Å². The predicted octanol–water partition coefficient (Wildman–Crippen LogP) is 4.95. The number of fused-ring (bicyclic) bond motifs is 1. The molecule has 0 radical (unpaired) electrons. The molecule has 0 unspecified atom stereocenters. The van der Waals surface area contributed by atoms with Crippen LogP contribution in [-0.2, 0) is 14.3 Å². The van der Waals surface area contributed by atoms with Gasteiger partial charge in [-0.05, 0) is 51.8 Å². The van der Waals surface area contributed by atoms with Crippen molar-refractivity contribution in [3.8, 4) is 11.5 Å². The van der Waals surface area contributed by atoms with Crippen molar-refractivity contribution in [2.75, 3.05) is 13.2 Å². The minimum absolute atomic E-state index is 0.0200. The molecule has 0 aromatic heterocycles. The molecule has 6 heteroatoms. The molecule has 1 heterocycles. The highest BCUT2D eigenvalue weighted by atomic mass is 16.6. The Labute approximate surface area is 180 Å². The standard InChI is InChI=1S/C24H37NO5/c1-6-7-8-9-10-11-21(26)25-17(2)22(30-23(27)24(3,4)5)18-12-13-19-20(16-18)29-15-14-28-19/h12-13,16-17,22H,6-11,14-15H2,1-5H3,(H,25,26)/t17-,22+/m1/s1. The zero-order valence-corrected chi connectivity index (χ0v) is 19.1. The largest absolute Gasteiger partial charge is 0.486 e. The molecule has 1 N–H and O–H groups in total. The number of hydrogen-bond acceptors (Lipinski definition) is 5. The van der Waals surface area contributed by atoms with Gasteiger partial charge in [0, 0.05) is 6.42 Å². The van der Waals surface area contributed by atoms with Crippen LogP contribution in [0.15, 0.2) is 18.2 Å². The number of rotatable bonds is 10. The van der Waals surface area contributed by atoms with Gasteiger partial charge in [-0.1, -0.05) is 38.7 Å². The average Bonchev–Trinajstić information content (AvgIpc) is 2.70. The summed E-state index contributed by atoms with van der Waals surface area (Å²) in [5.74, 6) is 0.969. The van der Waals surface area contributed by atoms with E-state index in [1.54, 1.807) is 0 Å². The number of unbranched alkanes of at least 4 members (excludes halogenated alkanes) is 4. The van der Waals surface area contributed by atoms with Crippen LogP contribution < -0.4 is 14.8 Å². The molecule has 0 saturated heterocycles. The normalized spacial score (nSPS) is 15.2. The summed E-state index contributed by atoms with van der Waals surface area (Å²) in [5, 5.41) is 3.02. The lowest BCUT2D eigenvalue weighted by molar-refractivity contribution is -0.161. The molecule has 0 saturated carbocycles. The highest BCUT2D eigenvalue weighted by Crippen LogP contribution is 2.35. The number of amides is 1. The second-order valence-corrected chi connectivity index (χ2v) is 9.00. The van der Waals surface area contributed by atoms with Gasteiger partial charge < -0.3 is 19.5 Å². The molecule has 0 aliphatic carbocycles. The fourth-order valence-electron chi connectivity index (χ4n) is 3.28. The summed E-state index contributed by atoms with van der Waals surface area (Å²) in [6.45, 7) is 10.5. The van der Waals surface area contributed by atoms with Gasteiger partial charge in [-0.2, -0.15) is 0 Å². The minimum atomic E-state index is -0.644. The number of hydrogen-bond donors (Lipinski definition) is 1. The summed E-state index contributed by atoms with van der Waals surface area (Å²) in [6.07, 6.45) is 5.33. The third-order valence-corrected chi connectivity index (χ3v) is 5.09. The van der Waals surface area contributed by atoms with E-state index in [4.69, 9.17) is 14.2 Å². The van der Waals surface area contributed by atoms with E-state index < -0.39 is 11.5 Å². The maximum absolute atomic E-state index is 12.6. The molecule has 1 amide bonds.